The number of aliphatic hydroxyl groups is 1. The molecule has 13 heteroatoms. The zero-order valence-electron chi connectivity index (χ0n) is 48.4. The number of rotatable bonds is 30. The normalized spacial score (nSPS) is 14.0. The van der Waals surface area contributed by atoms with E-state index in [4.69, 9.17) is 9.16 Å². The van der Waals surface area contributed by atoms with Crippen LogP contribution in [0.5, 0.6) is 0 Å². The maximum absolute atomic E-state index is 15.3. The van der Waals surface area contributed by atoms with Crippen molar-refractivity contribution in [2.45, 2.75) is 125 Å². The van der Waals surface area contributed by atoms with Crippen molar-refractivity contribution >= 4 is 55.5 Å². The van der Waals surface area contributed by atoms with Gasteiger partial charge in [0.05, 0.1) is 40.6 Å². The van der Waals surface area contributed by atoms with Gasteiger partial charge in [0.1, 0.15) is 18.7 Å². The van der Waals surface area contributed by atoms with Crippen LogP contribution in [0.15, 0.2) is 207 Å². The molecular formula is C68H83N3O7S2Si. The quantitative estimate of drug-likeness (QED) is 0.0114. The number of thioether (sulfide) groups is 2. The van der Waals surface area contributed by atoms with E-state index in [1.54, 1.807) is 13.0 Å². The van der Waals surface area contributed by atoms with Crippen molar-refractivity contribution in [2.24, 2.45) is 5.92 Å². The van der Waals surface area contributed by atoms with Crippen molar-refractivity contribution in [3.63, 3.8) is 0 Å². The number of amides is 3. The first-order chi connectivity index (χ1) is 38.8. The molecule has 0 aliphatic heterocycles. The van der Waals surface area contributed by atoms with Gasteiger partial charge in [-0.25, -0.2) is 0 Å². The number of hydrogen-bond acceptors (Lipinski definition) is 9. The van der Waals surface area contributed by atoms with Gasteiger partial charge in [-0.2, -0.15) is 0 Å². The van der Waals surface area contributed by atoms with E-state index in [0.717, 1.165) is 33.4 Å². The Morgan fingerprint density at radius 1 is 0.605 bits per heavy atom. The van der Waals surface area contributed by atoms with Crippen LogP contribution < -0.4 is 16.0 Å². The van der Waals surface area contributed by atoms with Gasteiger partial charge in [0.2, 0.25) is 17.7 Å². The minimum atomic E-state index is -2.55. The summed E-state index contributed by atoms with van der Waals surface area (Å²) in [6, 6.07) is 58.8. The van der Waals surface area contributed by atoms with E-state index in [2.05, 4.69) is 166 Å². The average Bonchev–Trinajstić information content (AvgIpc) is 3.62. The van der Waals surface area contributed by atoms with Crippen LogP contribution in [0.25, 0.3) is 0 Å². The van der Waals surface area contributed by atoms with Crippen LogP contribution in [0.1, 0.15) is 101 Å². The summed E-state index contributed by atoms with van der Waals surface area (Å²) in [6.45, 7) is 20.0. The van der Waals surface area contributed by atoms with Crippen molar-refractivity contribution < 1.29 is 33.4 Å². The summed E-state index contributed by atoms with van der Waals surface area (Å²) >= 11 is 3.33. The van der Waals surface area contributed by atoms with E-state index in [-0.39, 0.29) is 36.2 Å². The van der Waals surface area contributed by atoms with Crippen LogP contribution in [0.3, 0.4) is 0 Å². The molecule has 0 fully saturated rings. The molecule has 0 spiro atoms. The van der Waals surface area contributed by atoms with Gasteiger partial charge in [-0.1, -0.05) is 241 Å². The van der Waals surface area contributed by atoms with Gasteiger partial charge in [-0.05, 0) is 82.9 Å². The third kappa shape index (κ3) is 17.5. The summed E-state index contributed by atoms with van der Waals surface area (Å²) in [5.74, 6) is -1.18. The van der Waals surface area contributed by atoms with Crippen LogP contribution in [0.4, 0.5) is 0 Å². The second-order valence-electron chi connectivity index (χ2n) is 22.4. The Bertz CT molecular complexity index is 2730. The first-order valence-electron chi connectivity index (χ1n) is 28.1. The Morgan fingerprint density at radius 3 is 1.42 bits per heavy atom. The molecule has 6 aromatic rings. The molecule has 428 valence electrons. The van der Waals surface area contributed by atoms with Gasteiger partial charge in [-0.15, -0.1) is 23.5 Å². The Balaban J connectivity index is 1.23. The smallest absolute Gasteiger partial charge is 0.308 e. The standard InChI is InChI=1S/C68H83N3O7S2Si/c1-10-44-77-63(74)48-61(78-81(8,9)66(5,6)7)59(46-50(2)3)70-65(76)60(49-80-68(55-37-23-14-24-38-55,56-39-25-15-26-40-56)57-41-27-16-28-42-57)71-64(75)51(4)69-62(73)47-58(72)43-29-30-45-79-67(52-31-17-11-18-32-52,53-33-19-12-20-34-53)54-35-21-13-22-36-54/h10-29,31-43,50-51,58-61,72H,1,30,44-49H2,2-9H3,(H,69,73)(H,70,76)(H,71,75)/b43-29+/t51-,58-,59-,60-,61+/m1/s1. The molecule has 0 aliphatic rings. The average molecular weight is 1150 g/mol. The molecule has 0 heterocycles. The van der Waals surface area contributed by atoms with Gasteiger partial charge in [0.15, 0.2) is 8.32 Å². The number of esters is 1. The molecule has 6 rings (SSSR count). The molecule has 0 saturated carbocycles. The lowest BCUT2D eigenvalue weighted by molar-refractivity contribution is -0.145. The number of carbonyl (C=O) groups excluding carboxylic acids is 4. The zero-order chi connectivity index (χ0) is 58.5. The third-order valence-corrected chi connectivity index (χ3v) is 22.5. The third-order valence-electron chi connectivity index (χ3n) is 14.8. The number of benzene rings is 6. The number of allylic oxidation sites excluding steroid dienone is 1. The Hall–Kier alpha value is -6.48. The van der Waals surface area contributed by atoms with Crippen molar-refractivity contribution in [1.29, 1.82) is 0 Å². The number of carbonyl (C=O) groups is 4. The number of nitrogens with one attached hydrogen (secondary N) is 3. The monoisotopic (exact) mass is 1150 g/mol. The van der Waals surface area contributed by atoms with Crippen LogP contribution in [0, 0.1) is 5.92 Å². The van der Waals surface area contributed by atoms with E-state index >= 15 is 4.79 Å². The van der Waals surface area contributed by atoms with Crippen molar-refractivity contribution in [2.75, 3.05) is 18.1 Å². The molecule has 0 aromatic heterocycles. The van der Waals surface area contributed by atoms with Crippen LogP contribution in [-0.4, -0.2) is 85.6 Å². The Morgan fingerprint density at radius 2 is 1.02 bits per heavy atom. The molecule has 0 bridgehead atoms. The largest absolute Gasteiger partial charge is 0.461 e. The first kappa shape index (κ1) is 63.7. The van der Waals surface area contributed by atoms with E-state index in [9.17, 15) is 19.5 Å². The highest BCUT2D eigenvalue weighted by Crippen LogP contribution is 2.50. The zero-order valence-corrected chi connectivity index (χ0v) is 51.0. The first-order valence-corrected chi connectivity index (χ1v) is 33.0. The molecule has 0 radical (unpaired) electrons. The number of hydrogen-bond donors (Lipinski definition) is 4. The molecule has 81 heavy (non-hydrogen) atoms. The lowest BCUT2D eigenvalue weighted by Gasteiger charge is -2.42. The Kier molecular flexibility index (Phi) is 24.0. The molecule has 0 aliphatic carbocycles. The summed E-state index contributed by atoms with van der Waals surface area (Å²) in [4.78, 5) is 56.9. The highest BCUT2D eigenvalue weighted by atomic mass is 32.2. The maximum atomic E-state index is 15.3. The molecule has 0 unspecified atom stereocenters. The molecule has 3 amide bonds. The van der Waals surface area contributed by atoms with Crippen LogP contribution >= 0.6 is 23.5 Å². The van der Waals surface area contributed by atoms with Gasteiger partial charge in [-0.3, -0.25) is 19.2 Å². The molecule has 6 aromatic carbocycles. The van der Waals surface area contributed by atoms with Gasteiger partial charge in [0, 0.05) is 5.75 Å². The second kappa shape index (κ2) is 30.5. The fraction of sp³-hybridized carbons (Fsp3) is 0.353. The maximum Gasteiger partial charge on any atom is 0.308 e. The van der Waals surface area contributed by atoms with E-state index in [0.29, 0.717) is 18.6 Å². The van der Waals surface area contributed by atoms with Crippen molar-refractivity contribution in [3.8, 4) is 0 Å². The van der Waals surface area contributed by atoms with E-state index in [1.165, 1.54) is 17.8 Å². The molecule has 4 N–H and O–H groups in total. The molecule has 5 atom stereocenters. The fourth-order valence-corrected chi connectivity index (χ4v) is 14.1. The second-order valence-corrected chi connectivity index (χ2v) is 29.7. The van der Waals surface area contributed by atoms with E-state index < -0.39 is 71.8 Å². The van der Waals surface area contributed by atoms with Crippen LogP contribution in [-0.2, 0) is 37.8 Å². The summed E-state index contributed by atoms with van der Waals surface area (Å²) in [7, 11) is -2.55. The number of aliphatic hydroxyl groups excluding tert-OH is 1. The lowest BCUT2D eigenvalue weighted by Crippen LogP contribution is -2.58. The lowest BCUT2D eigenvalue weighted by atomic mass is 9.84. The molecule has 10 nitrogen and oxygen atoms in total. The fourth-order valence-electron chi connectivity index (χ4n) is 9.67. The molecular weight excluding hydrogens is 1060 g/mol. The topological polar surface area (TPSA) is 143 Å². The Labute approximate surface area is 491 Å². The van der Waals surface area contributed by atoms with Gasteiger partial charge < -0.3 is 30.2 Å². The predicted octanol–water partition coefficient (Wildman–Crippen LogP) is 13.2. The summed E-state index contributed by atoms with van der Waals surface area (Å²) in [5, 5.41) is 20.0. The number of ether oxygens (including phenoxy) is 1. The highest BCUT2D eigenvalue weighted by Gasteiger charge is 2.44. The van der Waals surface area contributed by atoms with Gasteiger partial charge in [0.25, 0.3) is 0 Å². The van der Waals surface area contributed by atoms with Crippen molar-refractivity contribution in [1.82, 2.24) is 16.0 Å². The minimum Gasteiger partial charge on any atom is -0.461 e. The van der Waals surface area contributed by atoms with Gasteiger partial charge >= 0.3 is 5.97 Å². The SMILES string of the molecule is C=CCOC(=O)C[C@H](O[Si](C)(C)C(C)(C)C)[C@@H](CC(C)C)NC(=O)[C@@H](CSC(c1ccccc1)(c1ccccc1)c1ccccc1)NC(=O)[C@@H](C)NC(=O)C[C@H](O)/C=C/CCSC(c1ccccc1)(c1ccccc1)c1ccccc1. The van der Waals surface area contributed by atoms with Crippen LogP contribution in [0.2, 0.25) is 18.1 Å². The van der Waals surface area contributed by atoms with E-state index in [1.807, 2.05) is 104 Å². The predicted molar refractivity (Wildman–Crippen MR) is 336 cm³/mol. The highest BCUT2D eigenvalue weighted by molar-refractivity contribution is 8.00. The summed E-state index contributed by atoms with van der Waals surface area (Å²) in [6.07, 6.45) is 3.88. The summed E-state index contributed by atoms with van der Waals surface area (Å²) < 4.78 is 11.2. The minimum absolute atomic E-state index is 0.0367. The molecule has 0 saturated heterocycles. The van der Waals surface area contributed by atoms with Crippen molar-refractivity contribution in [3.05, 3.63) is 240 Å². The summed E-state index contributed by atoms with van der Waals surface area (Å²) in [5.41, 5.74) is 6.40.